The van der Waals surface area contributed by atoms with Crippen molar-refractivity contribution >= 4 is 35.2 Å². The fraction of sp³-hybridized carbons (Fsp3) is 0.200. The van der Waals surface area contributed by atoms with Crippen LogP contribution in [0.15, 0.2) is 48.2 Å². The SMILES string of the molecule is COCCCNC(=O)c1ccc2c(c1)NC(=O)/C(=C\c1ccc(Cl)cc1)O2. The quantitative estimate of drug-likeness (QED) is 0.588. The molecule has 0 radical (unpaired) electrons. The standard InChI is InChI=1S/C20H19ClN2O4/c1-26-10-2-9-22-19(24)14-5-8-17-16(12-14)23-20(25)18(27-17)11-13-3-6-15(21)7-4-13/h3-8,11-12H,2,9-10H2,1H3,(H,22,24)(H,23,25)/b18-11+. The van der Waals surface area contributed by atoms with E-state index in [4.69, 9.17) is 21.1 Å². The lowest BCUT2D eigenvalue weighted by Crippen LogP contribution is -2.27. The Bertz CT molecular complexity index is 878. The number of anilines is 1. The summed E-state index contributed by atoms with van der Waals surface area (Å²) >= 11 is 5.87. The number of benzene rings is 2. The Labute approximate surface area is 162 Å². The van der Waals surface area contributed by atoms with Crippen molar-refractivity contribution in [1.29, 1.82) is 0 Å². The zero-order valence-corrected chi connectivity index (χ0v) is 15.5. The van der Waals surface area contributed by atoms with Crippen molar-refractivity contribution in [3.8, 4) is 5.75 Å². The molecule has 6 nitrogen and oxygen atoms in total. The Hall–Kier alpha value is -2.83. The zero-order chi connectivity index (χ0) is 19.2. The van der Waals surface area contributed by atoms with Crippen LogP contribution in [-0.4, -0.2) is 32.1 Å². The summed E-state index contributed by atoms with van der Waals surface area (Å²) in [6.07, 6.45) is 2.36. The van der Waals surface area contributed by atoms with Crippen LogP contribution in [0.25, 0.3) is 6.08 Å². The van der Waals surface area contributed by atoms with Gasteiger partial charge in [0.15, 0.2) is 11.5 Å². The number of hydrogen-bond donors (Lipinski definition) is 2. The van der Waals surface area contributed by atoms with Crippen molar-refractivity contribution in [2.75, 3.05) is 25.6 Å². The van der Waals surface area contributed by atoms with Gasteiger partial charge in [0.1, 0.15) is 0 Å². The van der Waals surface area contributed by atoms with E-state index in [0.717, 1.165) is 12.0 Å². The van der Waals surface area contributed by atoms with Crippen LogP contribution in [0.4, 0.5) is 5.69 Å². The van der Waals surface area contributed by atoms with Gasteiger partial charge in [0, 0.05) is 30.8 Å². The smallest absolute Gasteiger partial charge is 0.291 e. The predicted octanol–water partition coefficient (Wildman–Crippen LogP) is 3.48. The third kappa shape index (κ3) is 4.87. The maximum absolute atomic E-state index is 12.3. The second kappa shape index (κ2) is 8.70. The number of methoxy groups -OCH3 is 1. The number of amides is 2. The predicted molar refractivity (Wildman–Crippen MR) is 104 cm³/mol. The van der Waals surface area contributed by atoms with Crippen LogP contribution in [0.3, 0.4) is 0 Å². The Morgan fingerprint density at radius 2 is 2.04 bits per heavy atom. The highest BCUT2D eigenvalue weighted by molar-refractivity contribution is 6.30. The molecule has 27 heavy (non-hydrogen) atoms. The van der Waals surface area contributed by atoms with Gasteiger partial charge in [-0.3, -0.25) is 9.59 Å². The third-order valence-electron chi connectivity index (χ3n) is 3.91. The van der Waals surface area contributed by atoms with Gasteiger partial charge in [0.25, 0.3) is 11.8 Å². The molecule has 2 amide bonds. The van der Waals surface area contributed by atoms with Gasteiger partial charge in [-0.05, 0) is 48.4 Å². The van der Waals surface area contributed by atoms with Crippen molar-refractivity contribution in [3.05, 3.63) is 64.4 Å². The highest BCUT2D eigenvalue weighted by atomic mass is 35.5. The minimum absolute atomic E-state index is 0.168. The summed E-state index contributed by atoms with van der Waals surface area (Å²) in [5.41, 5.74) is 1.69. The Morgan fingerprint density at radius 3 is 2.78 bits per heavy atom. The van der Waals surface area contributed by atoms with Gasteiger partial charge in [-0.1, -0.05) is 23.7 Å². The number of ether oxygens (including phenoxy) is 2. The summed E-state index contributed by atoms with van der Waals surface area (Å²) in [6.45, 7) is 1.09. The lowest BCUT2D eigenvalue weighted by Gasteiger charge is -2.20. The minimum Gasteiger partial charge on any atom is -0.449 e. The van der Waals surface area contributed by atoms with Crippen LogP contribution in [-0.2, 0) is 9.53 Å². The lowest BCUT2D eigenvalue weighted by atomic mass is 10.1. The van der Waals surface area contributed by atoms with E-state index in [9.17, 15) is 9.59 Å². The number of carbonyl (C=O) groups is 2. The first-order valence-electron chi connectivity index (χ1n) is 8.44. The molecule has 2 N–H and O–H groups in total. The molecule has 1 aliphatic heterocycles. The molecular formula is C20H19ClN2O4. The van der Waals surface area contributed by atoms with Crippen LogP contribution in [0.1, 0.15) is 22.3 Å². The first-order valence-corrected chi connectivity index (χ1v) is 8.82. The molecule has 0 aromatic heterocycles. The molecule has 0 fully saturated rings. The van der Waals surface area contributed by atoms with E-state index in [1.54, 1.807) is 55.7 Å². The molecule has 0 bridgehead atoms. The third-order valence-corrected chi connectivity index (χ3v) is 4.16. The second-order valence-corrected chi connectivity index (χ2v) is 6.37. The summed E-state index contributed by atoms with van der Waals surface area (Å²) < 4.78 is 10.6. The Morgan fingerprint density at radius 1 is 1.26 bits per heavy atom. The maximum atomic E-state index is 12.3. The van der Waals surface area contributed by atoms with Crippen molar-refractivity contribution in [3.63, 3.8) is 0 Å². The maximum Gasteiger partial charge on any atom is 0.291 e. The van der Waals surface area contributed by atoms with Crippen LogP contribution in [0, 0.1) is 0 Å². The fourth-order valence-electron chi connectivity index (χ4n) is 2.53. The summed E-state index contributed by atoms with van der Waals surface area (Å²) in [4.78, 5) is 24.5. The van der Waals surface area contributed by atoms with Crippen molar-refractivity contribution < 1.29 is 19.1 Å². The molecule has 2 aromatic rings. The van der Waals surface area contributed by atoms with E-state index in [0.29, 0.717) is 35.2 Å². The van der Waals surface area contributed by atoms with Crippen molar-refractivity contribution in [2.24, 2.45) is 0 Å². The molecule has 0 aliphatic carbocycles. The molecule has 0 saturated heterocycles. The average Bonchev–Trinajstić information content (AvgIpc) is 2.67. The molecule has 7 heteroatoms. The first kappa shape index (κ1) is 18.9. The highest BCUT2D eigenvalue weighted by Crippen LogP contribution is 2.32. The summed E-state index contributed by atoms with van der Waals surface area (Å²) in [7, 11) is 1.61. The van der Waals surface area contributed by atoms with Crippen LogP contribution in [0.2, 0.25) is 5.02 Å². The number of nitrogens with one attached hydrogen (secondary N) is 2. The molecule has 0 saturated carbocycles. The number of halogens is 1. The largest absolute Gasteiger partial charge is 0.449 e. The first-order chi connectivity index (χ1) is 13.1. The number of rotatable bonds is 6. The van der Waals surface area contributed by atoms with Gasteiger partial charge in [0.2, 0.25) is 0 Å². The zero-order valence-electron chi connectivity index (χ0n) is 14.8. The normalized spacial score (nSPS) is 14.3. The van der Waals surface area contributed by atoms with Gasteiger partial charge in [0.05, 0.1) is 5.69 Å². The molecule has 0 atom stereocenters. The van der Waals surface area contributed by atoms with E-state index in [1.807, 2.05) is 0 Å². The molecule has 2 aromatic carbocycles. The average molecular weight is 387 g/mol. The summed E-state index contributed by atoms with van der Waals surface area (Å²) in [5.74, 6) is 0.0492. The fourth-order valence-corrected chi connectivity index (χ4v) is 2.66. The molecule has 140 valence electrons. The van der Waals surface area contributed by atoms with E-state index in [-0.39, 0.29) is 17.6 Å². The van der Waals surface area contributed by atoms with Gasteiger partial charge in [-0.25, -0.2) is 0 Å². The second-order valence-electron chi connectivity index (χ2n) is 5.93. The van der Waals surface area contributed by atoms with Crippen molar-refractivity contribution in [2.45, 2.75) is 6.42 Å². The van der Waals surface area contributed by atoms with Gasteiger partial charge >= 0.3 is 0 Å². The molecule has 0 unspecified atom stereocenters. The molecule has 0 spiro atoms. The summed E-state index contributed by atoms with van der Waals surface area (Å²) in [5, 5.41) is 6.17. The number of fused-ring (bicyclic) bond motifs is 1. The summed E-state index contributed by atoms with van der Waals surface area (Å²) in [6, 6.07) is 12.0. The van der Waals surface area contributed by atoms with E-state index < -0.39 is 0 Å². The van der Waals surface area contributed by atoms with E-state index >= 15 is 0 Å². The highest BCUT2D eigenvalue weighted by Gasteiger charge is 2.23. The van der Waals surface area contributed by atoms with Crippen molar-refractivity contribution in [1.82, 2.24) is 5.32 Å². The lowest BCUT2D eigenvalue weighted by molar-refractivity contribution is -0.115. The molecule has 1 heterocycles. The topological polar surface area (TPSA) is 76.7 Å². The van der Waals surface area contributed by atoms with Gasteiger partial charge in [-0.15, -0.1) is 0 Å². The van der Waals surface area contributed by atoms with E-state index in [2.05, 4.69) is 10.6 Å². The number of hydrogen-bond acceptors (Lipinski definition) is 4. The van der Waals surface area contributed by atoms with Crippen LogP contribution in [0.5, 0.6) is 5.75 Å². The van der Waals surface area contributed by atoms with Crippen LogP contribution >= 0.6 is 11.6 Å². The Kier molecular flexibility index (Phi) is 6.11. The minimum atomic E-state index is -0.380. The number of carbonyl (C=O) groups excluding carboxylic acids is 2. The van der Waals surface area contributed by atoms with Gasteiger partial charge < -0.3 is 20.1 Å². The molecular weight excluding hydrogens is 368 g/mol. The molecule has 3 rings (SSSR count). The van der Waals surface area contributed by atoms with E-state index in [1.165, 1.54) is 0 Å². The monoisotopic (exact) mass is 386 g/mol. The molecule has 1 aliphatic rings. The van der Waals surface area contributed by atoms with Crippen LogP contribution < -0.4 is 15.4 Å². The Balaban J connectivity index is 1.72. The van der Waals surface area contributed by atoms with Gasteiger partial charge in [-0.2, -0.15) is 0 Å².